The molecule has 0 saturated heterocycles. The van der Waals surface area contributed by atoms with Crippen molar-refractivity contribution >= 4 is 28.6 Å². The van der Waals surface area contributed by atoms with E-state index < -0.39 is 28.4 Å². The van der Waals surface area contributed by atoms with E-state index in [1.807, 2.05) is 0 Å². The molecule has 0 fully saturated rings. The van der Waals surface area contributed by atoms with Gasteiger partial charge in [0, 0.05) is 6.07 Å². The van der Waals surface area contributed by atoms with E-state index in [4.69, 9.17) is 5.73 Å². The fourth-order valence-corrected chi connectivity index (χ4v) is 4.15. The van der Waals surface area contributed by atoms with E-state index in [1.54, 1.807) is 54.6 Å². The number of carbonyl (C=O) groups excluding carboxylic acids is 1. The van der Waals surface area contributed by atoms with Gasteiger partial charge >= 0.3 is 0 Å². The van der Waals surface area contributed by atoms with Gasteiger partial charge in [-0.05, 0) is 29.8 Å². The molecule has 30 heavy (non-hydrogen) atoms. The Labute approximate surface area is 174 Å². The summed E-state index contributed by atoms with van der Waals surface area (Å²) < 4.78 is 29.1. The number of nitrogens with zero attached hydrogens (tertiary/aromatic N) is 2. The fourth-order valence-electron chi connectivity index (χ4n) is 3.09. The van der Waals surface area contributed by atoms with Crippen LogP contribution in [0, 0.1) is 11.6 Å². The summed E-state index contributed by atoms with van der Waals surface area (Å²) >= 11 is 0.930. The Morgan fingerprint density at radius 3 is 2.40 bits per heavy atom. The van der Waals surface area contributed by atoms with Gasteiger partial charge in [0.2, 0.25) is 5.91 Å². The van der Waals surface area contributed by atoms with Crippen LogP contribution in [0.2, 0.25) is 0 Å². The van der Waals surface area contributed by atoms with Crippen LogP contribution in [0.15, 0.2) is 82.7 Å². The maximum atomic E-state index is 14.6. The zero-order valence-electron chi connectivity index (χ0n) is 15.5. The van der Waals surface area contributed by atoms with E-state index in [9.17, 15) is 18.4 Å². The molecule has 1 heterocycles. The Morgan fingerprint density at radius 2 is 1.70 bits per heavy atom. The first kappa shape index (κ1) is 19.8. The summed E-state index contributed by atoms with van der Waals surface area (Å²) in [6, 6.07) is 18.3. The summed E-state index contributed by atoms with van der Waals surface area (Å²) in [5, 5.41) is -0.535. The summed E-state index contributed by atoms with van der Waals surface area (Å²) in [6.45, 7) is 0. The summed E-state index contributed by atoms with van der Waals surface area (Å²) in [4.78, 5) is 29.9. The van der Waals surface area contributed by atoms with Gasteiger partial charge in [0.05, 0.1) is 16.6 Å². The van der Waals surface area contributed by atoms with Gasteiger partial charge in [-0.15, -0.1) is 0 Å². The second-order valence-corrected chi connectivity index (χ2v) is 7.53. The number of para-hydroxylation sites is 1. The highest BCUT2D eigenvalue weighted by Gasteiger charge is 2.24. The third kappa shape index (κ3) is 3.69. The number of amides is 1. The highest BCUT2D eigenvalue weighted by molar-refractivity contribution is 8.00. The van der Waals surface area contributed by atoms with Gasteiger partial charge in [0.25, 0.3) is 5.56 Å². The Balaban J connectivity index is 1.96. The van der Waals surface area contributed by atoms with Crippen molar-refractivity contribution in [3.8, 4) is 5.69 Å². The Bertz CT molecular complexity index is 1310. The van der Waals surface area contributed by atoms with Crippen molar-refractivity contribution in [1.82, 2.24) is 9.55 Å². The number of rotatable bonds is 5. The molecular weight excluding hydrogens is 408 g/mol. The number of hydrogen-bond acceptors (Lipinski definition) is 4. The molecule has 1 aromatic heterocycles. The molecule has 2 N–H and O–H groups in total. The first-order chi connectivity index (χ1) is 14.5. The van der Waals surface area contributed by atoms with Gasteiger partial charge in [0.15, 0.2) is 5.16 Å². The molecule has 0 aliphatic heterocycles. The monoisotopic (exact) mass is 423 g/mol. The van der Waals surface area contributed by atoms with Crippen LogP contribution < -0.4 is 11.3 Å². The second-order valence-electron chi connectivity index (χ2n) is 6.46. The van der Waals surface area contributed by atoms with Crippen LogP contribution in [-0.2, 0) is 4.79 Å². The highest BCUT2D eigenvalue weighted by Crippen LogP contribution is 2.35. The third-order valence-electron chi connectivity index (χ3n) is 4.48. The first-order valence-corrected chi connectivity index (χ1v) is 9.82. The predicted octanol–water partition coefficient (Wildman–Crippen LogP) is 3.98. The third-order valence-corrected chi connectivity index (χ3v) is 5.70. The maximum absolute atomic E-state index is 14.6. The van der Waals surface area contributed by atoms with Crippen LogP contribution in [-0.4, -0.2) is 15.5 Å². The van der Waals surface area contributed by atoms with Gasteiger partial charge in [-0.1, -0.05) is 54.2 Å². The molecule has 4 aromatic rings. The van der Waals surface area contributed by atoms with Gasteiger partial charge in [-0.25, -0.2) is 13.8 Å². The molecule has 3 aromatic carbocycles. The molecule has 0 spiro atoms. The Hall–Kier alpha value is -3.52. The first-order valence-electron chi connectivity index (χ1n) is 8.94. The number of hydrogen-bond donors (Lipinski definition) is 1. The molecule has 1 amide bonds. The Kier molecular flexibility index (Phi) is 5.33. The largest absolute Gasteiger partial charge is 0.368 e. The second kappa shape index (κ2) is 8.08. The Morgan fingerprint density at radius 1 is 1.00 bits per heavy atom. The molecule has 0 bridgehead atoms. The van der Waals surface area contributed by atoms with Crippen LogP contribution in [0.3, 0.4) is 0 Å². The van der Waals surface area contributed by atoms with Crippen molar-refractivity contribution in [2.24, 2.45) is 5.73 Å². The van der Waals surface area contributed by atoms with E-state index in [0.717, 1.165) is 28.5 Å². The van der Waals surface area contributed by atoms with E-state index >= 15 is 0 Å². The van der Waals surface area contributed by atoms with Crippen LogP contribution in [0.25, 0.3) is 16.6 Å². The van der Waals surface area contributed by atoms with Crippen molar-refractivity contribution in [3.05, 3.63) is 100 Å². The lowest BCUT2D eigenvalue weighted by molar-refractivity contribution is -0.117. The summed E-state index contributed by atoms with van der Waals surface area (Å²) in [5.74, 6) is -2.34. The summed E-state index contributed by atoms with van der Waals surface area (Å²) in [5.41, 5.74) is 5.91. The number of nitrogens with two attached hydrogens (primary N) is 1. The smallest absolute Gasteiger partial charge is 0.266 e. The van der Waals surface area contributed by atoms with Crippen LogP contribution in [0.5, 0.6) is 0 Å². The number of halogens is 2. The lowest BCUT2D eigenvalue weighted by Gasteiger charge is -2.18. The summed E-state index contributed by atoms with van der Waals surface area (Å²) in [7, 11) is 0. The van der Waals surface area contributed by atoms with E-state index in [-0.39, 0.29) is 16.2 Å². The molecule has 1 unspecified atom stereocenters. The molecule has 1 atom stereocenters. The highest BCUT2D eigenvalue weighted by atomic mass is 32.2. The molecule has 8 heteroatoms. The quantitative estimate of drug-likeness (QED) is 0.389. The molecular formula is C22H15F2N3O2S. The number of primary amides is 1. The normalized spacial score (nSPS) is 12.1. The van der Waals surface area contributed by atoms with Crippen molar-refractivity contribution < 1.29 is 13.6 Å². The lowest BCUT2D eigenvalue weighted by atomic mass is 10.1. The predicted molar refractivity (Wildman–Crippen MR) is 111 cm³/mol. The number of benzene rings is 3. The van der Waals surface area contributed by atoms with Gasteiger partial charge in [-0.2, -0.15) is 0 Å². The van der Waals surface area contributed by atoms with Crippen molar-refractivity contribution in [2.75, 3.05) is 0 Å². The summed E-state index contributed by atoms with van der Waals surface area (Å²) in [6.07, 6.45) is 0. The maximum Gasteiger partial charge on any atom is 0.266 e. The number of carbonyl (C=O) groups is 1. The average molecular weight is 423 g/mol. The van der Waals surface area contributed by atoms with Crippen LogP contribution in [0.1, 0.15) is 10.8 Å². The zero-order chi connectivity index (χ0) is 21.3. The number of fused-ring (bicyclic) bond motifs is 1. The minimum atomic E-state index is -0.925. The van der Waals surface area contributed by atoms with Crippen molar-refractivity contribution in [1.29, 1.82) is 0 Å². The molecule has 4 rings (SSSR count). The molecule has 0 saturated carbocycles. The molecule has 0 aliphatic carbocycles. The average Bonchev–Trinajstić information content (AvgIpc) is 2.73. The minimum Gasteiger partial charge on any atom is -0.368 e. The molecule has 150 valence electrons. The van der Waals surface area contributed by atoms with Crippen LogP contribution in [0.4, 0.5) is 8.78 Å². The molecule has 5 nitrogen and oxygen atoms in total. The van der Waals surface area contributed by atoms with Crippen molar-refractivity contribution in [2.45, 2.75) is 10.4 Å². The van der Waals surface area contributed by atoms with E-state index in [1.165, 1.54) is 0 Å². The standard InChI is InChI=1S/C22H15F2N3O2S/c23-14-10-11-18(16(24)12-14)27-21(29)15-8-4-5-9-17(15)26-22(27)30-19(20(25)28)13-6-2-1-3-7-13/h1-12,19H,(H2,25,28). The van der Waals surface area contributed by atoms with Crippen molar-refractivity contribution in [3.63, 3.8) is 0 Å². The molecule has 0 aliphatic rings. The zero-order valence-corrected chi connectivity index (χ0v) is 16.3. The van der Waals surface area contributed by atoms with Crippen LogP contribution >= 0.6 is 11.8 Å². The lowest BCUT2D eigenvalue weighted by Crippen LogP contribution is -2.25. The van der Waals surface area contributed by atoms with Gasteiger partial charge in [0.1, 0.15) is 16.9 Å². The fraction of sp³-hybridized carbons (Fsp3) is 0.0455. The van der Waals surface area contributed by atoms with E-state index in [2.05, 4.69) is 4.98 Å². The number of thioether (sulfide) groups is 1. The van der Waals surface area contributed by atoms with Gasteiger partial charge in [-0.3, -0.25) is 14.2 Å². The SMILES string of the molecule is NC(=O)C(Sc1nc2ccccc2c(=O)n1-c1ccc(F)cc1F)c1ccccc1. The molecule has 0 radical (unpaired) electrons. The topological polar surface area (TPSA) is 78.0 Å². The van der Waals surface area contributed by atoms with Gasteiger partial charge < -0.3 is 5.73 Å². The minimum absolute atomic E-state index is 0.0665. The van der Waals surface area contributed by atoms with E-state index in [0.29, 0.717) is 17.1 Å². The number of aromatic nitrogens is 2.